The van der Waals surface area contributed by atoms with Gasteiger partial charge in [-0.25, -0.2) is 0 Å². The van der Waals surface area contributed by atoms with Gasteiger partial charge in [-0.2, -0.15) is 0 Å². The van der Waals surface area contributed by atoms with Crippen LogP contribution in [0.1, 0.15) is 6.42 Å². The molecule has 0 N–H and O–H groups in total. The number of hydrogen-bond acceptors (Lipinski definition) is 3. The molecule has 70 valence electrons. The molecule has 0 aliphatic carbocycles. The molecule has 1 atom stereocenters. The molecular formula is C10H13NO2. The van der Waals surface area contributed by atoms with E-state index in [-0.39, 0.29) is 0 Å². The fourth-order valence-corrected chi connectivity index (χ4v) is 1.36. The van der Waals surface area contributed by atoms with E-state index < -0.39 is 0 Å². The van der Waals surface area contributed by atoms with Crippen molar-refractivity contribution >= 4 is 0 Å². The van der Waals surface area contributed by atoms with Crippen molar-refractivity contribution in [1.29, 1.82) is 0 Å². The Labute approximate surface area is 77.7 Å². The molecule has 0 radical (unpaired) electrons. The smallest absolute Gasteiger partial charge is 0.122 e. The fraction of sp³-hybridized carbons (Fsp3) is 0.500. The first-order valence-corrected chi connectivity index (χ1v) is 4.56. The van der Waals surface area contributed by atoms with Gasteiger partial charge in [-0.15, -0.1) is 0 Å². The monoisotopic (exact) mass is 179 g/mol. The van der Waals surface area contributed by atoms with Crippen molar-refractivity contribution in [2.45, 2.75) is 6.42 Å². The summed E-state index contributed by atoms with van der Waals surface area (Å²) < 4.78 is 10.8. The lowest BCUT2D eigenvalue weighted by atomic mass is 10.1. The summed E-state index contributed by atoms with van der Waals surface area (Å²) in [7, 11) is 0. The Hall–Kier alpha value is -1.09. The molecule has 13 heavy (non-hydrogen) atoms. The van der Waals surface area contributed by atoms with E-state index in [1.807, 2.05) is 12.1 Å². The summed E-state index contributed by atoms with van der Waals surface area (Å²) in [5.74, 6) is 1.45. The number of rotatable bonds is 3. The van der Waals surface area contributed by atoms with Crippen molar-refractivity contribution in [3.63, 3.8) is 0 Å². The van der Waals surface area contributed by atoms with Gasteiger partial charge in [0.15, 0.2) is 0 Å². The van der Waals surface area contributed by atoms with Crippen molar-refractivity contribution in [2.75, 3.05) is 19.8 Å². The number of nitrogens with zero attached hydrogens (tertiary/aromatic N) is 1. The third-order valence-electron chi connectivity index (χ3n) is 2.16. The van der Waals surface area contributed by atoms with Crippen LogP contribution in [0.5, 0.6) is 5.75 Å². The lowest BCUT2D eigenvalue weighted by Gasteiger charge is -2.09. The van der Waals surface area contributed by atoms with Crippen LogP contribution in [0, 0.1) is 5.92 Å². The molecule has 1 saturated heterocycles. The van der Waals surface area contributed by atoms with Crippen LogP contribution >= 0.6 is 0 Å². The fourth-order valence-electron chi connectivity index (χ4n) is 1.36. The zero-order valence-electron chi connectivity index (χ0n) is 7.48. The maximum Gasteiger partial charge on any atom is 0.122 e. The standard InChI is InChI=1S/C10H13NO2/c1-4-11-5-2-10(1)13-8-9-3-6-12-7-9/h1-2,4-5,9H,3,6-8H2. The molecule has 2 rings (SSSR count). The summed E-state index contributed by atoms with van der Waals surface area (Å²) in [5.41, 5.74) is 0. The van der Waals surface area contributed by atoms with Gasteiger partial charge in [0.1, 0.15) is 5.75 Å². The molecule has 3 heteroatoms. The van der Waals surface area contributed by atoms with E-state index in [2.05, 4.69) is 4.98 Å². The van der Waals surface area contributed by atoms with Crippen LogP contribution in [0.2, 0.25) is 0 Å². The molecule has 1 unspecified atom stereocenters. The first-order chi connectivity index (χ1) is 6.45. The Bertz CT molecular complexity index is 244. The van der Waals surface area contributed by atoms with Crippen molar-refractivity contribution in [3.05, 3.63) is 24.5 Å². The molecule has 1 aromatic heterocycles. The summed E-state index contributed by atoms with van der Waals surface area (Å²) >= 11 is 0. The molecule has 0 saturated carbocycles. The van der Waals surface area contributed by atoms with E-state index in [1.54, 1.807) is 12.4 Å². The minimum atomic E-state index is 0.563. The lowest BCUT2D eigenvalue weighted by Crippen LogP contribution is -2.11. The second-order valence-electron chi connectivity index (χ2n) is 3.22. The average molecular weight is 179 g/mol. The second-order valence-corrected chi connectivity index (χ2v) is 3.22. The summed E-state index contributed by atoms with van der Waals surface area (Å²) in [6, 6.07) is 3.74. The van der Waals surface area contributed by atoms with Gasteiger partial charge in [0.25, 0.3) is 0 Å². The maximum atomic E-state index is 5.57. The zero-order chi connectivity index (χ0) is 8.93. The summed E-state index contributed by atoms with van der Waals surface area (Å²) in [6.45, 7) is 2.47. The van der Waals surface area contributed by atoms with E-state index in [9.17, 15) is 0 Å². The highest BCUT2D eigenvalue weighted by atomic mass is 16.5. The molecule has 3 nitrogen and oxygen atoms in total. The Balaban J connectivity index is 1.79. The number of ether oxygens (including phenoxy) is 2. The Morgan fingerprint density at radius 3 is 3.00 bits per heavy atom. The molecule has 0 spiro atoms. The predicted molar refractivity (Wildman–Crippen MR) is 48.7 cm³/mol. The number of pyridine rings is 1. The largest absolute Gasteiger partial charge is 0.493 e. The minimum absolute atomic E-state index is 0.563. The molecule has 1 aliphatic heterocycles. The first-order valence-electron chi connectivity index (χ1n) is 4.56. The molecule has 1 aromatic rings. The minimum Gasteiger partial charge on any atom is -0.493 e. The van der Waals surface area contributed by atoms with Crippen molar-refractivity contribution < 1.29 is 9.47 Å². The van der Waals surface area contributed by atoms with E-state index in [0.29, 0.717) is 5.92 Å². The SMILES string of the molecule is c1cc(OCC2CCOC2)ccn1. The molecule has 0 aromatic carbocycles. The number of aromatic nitrogens is 1. The summed E-state index contributed by atoms with van der Waals surface area (Å²) in [5, 5.41) is 0. The molecule has 0 bridgehead atoms. The van der Waals surface area contributed by atoms with E-state index >= 15 is 0 Å². The van der Waals surface area contributed by atoms with Gasteiger partial charge in [-0.3, -0.25) is 4.98 Å². The third kappa shape index (κ3) is 2.42. The van der Waals surface area contributed by atoms with E-state index in [0.717, 1.165) is 32.0 Å². The van der Waals surface area contributed by atoms with Crippen LogP contribution in [0.15, 0.2) is 24.5 Å². The quantitative estimate of drug-likeness (QED) is 0.704. The second kappa shape index (κ2) is 4.23. The van der Waals surface area contributed by atoms with Crippen LogP contribution in [0.25, 0.3) is 0 Å². The highest BCUT2D eigenvalue weighted by Crippen LogP contribution is 2.15. The van der Waals surface area contributed by atoms with Crippen molar-refractivity contribution in [1.82, 2.24) is 4.98 Å². The van der Waals surface area contributed by atoms with Crippen LogP contribution in [-0.4, -0.2) is 24.8 Å². The Morgan fingerprint density at radius 1 is 1.46 bits per heavy atom. The molecule has 2 heterocycles. The Kier molecular flexibility index (Phi) is 2.77. The molecule has 1 fully saturated rings. The van der Waals surface area contributed by atoms with Gasteiger partial charge < -0.3 is 9.47 Å². The molecule has 0 amide bonds. The van der Waals surface area contributed by atoms with Gasteiger partial charge >= 0.3 is 0 Å². The van der Waals surface area contributed by atoms with Gasteiger partial charge in [0.05, 0.1) is 13.2 Å². The van der Waals surface area contributed by atoms with Crippen LogP contribution in [-0.2, 0) is 4.74 Å². The highest BCUT2D eigenvalue weighted by Gasteiger charge is 2.15. The van der Waals surface area contributed by atoms with Crippen molar-refractivity contribution in [3.8, 4) is 5.75 Å². The van der Waals surface area contributed by atoms with E-state index in [1.165, 1.54) is 0 Å². The van der Waals surface area contributed by atoms with Crippen LogP contribution in [0.3, 0.4) is 0 Å². The molecular weight excluding hydrogens is 166 g/mol. The highest BCUT2D eigenvalue weighted by molar-refractivity contribution is 5.16. The summed E-state index contributed by atoms with van der Waals surface area (Å²) in [4.78, 5) is 3.92. The molecule has 1 aliphatic rings. The van der Waals surface area contributed by atoms with Gasteiger partial charge in [-0.05, 0) is 18.6 Å². The summed E-state index contributed by atoms with van der Waals surface area (Å²) in [6.07, 6.45) is 4.59. The number of hydrogen-bond donors (Lipinski definition) is 0. The lowest BCUT2D eigenvalue weighted by molar-refractivity contribution is 0.167. The average Bonchev–Trinajstić information content (AvgIpc) is 2.69. The normalized spacial score (nSPS) is 21.7. The Morgan fingerprint density at radius 2 is 2.31 bits per heavy atom. The van der Waals surface area contributed by atoms with Gasteiger partial charge in [-0.1, -0.05) is 0 Å². The first kappa shape index (κ1) is 8.51. The maximum absolute atomic E-state index is 5.57. The van der Waals surface area contributed by atoms with Crippen LogP contribution < -0.4 is 4.74 Å². The van der Waals surface area contributed by atoms with Gasteiger partial charge in [0.2, 0.25) is 0 Å². The van der Waals surface area contributed by atoms with Crippen LogP contribution in [0.4, 0.5) is 0 Å². The predicted octanol–water partition coefficient (Wildman–Crippen LogP) is 1.50. The third-order valence-corrected chi connectivity index (χ3v) is 2.16. The van der Waals surface area contributed by atoms with E-state index in [4.69, 9.17) is 9.47 Å². The van der Waals surface area contributed by atoms with Gasteiger partial charge in [0, 0.05) is 24.9 Å². The topological polar surface area (TPSA) is 31.4 Å². The zero-order valence-corrected chi connectivity index (χ0v) is 7.48. The van der Waals surface area contributed by atoms with Crippen molar-refractivity contribution in [2.24, 2.45) is 5.92 Å².